The summed E-state index contributed by atoms with van der Waals surface area (Å²) in [5, 5.41) is 121. The monoisotopic (exact) mass is 1330 g/mol. The van der Waals surface area contributed by atoms with Gasteiger partial charge in [-0.3, -0.25) is 4.79 Å². The average Bonchev–Trinajstić information content (AvgIpc) is 0.979. The lowest BCUT2D eigenvalue weighted by atomic mass is 9.96. The van der Waals surface area contributed by atoms with Crippen molar-refractivity contribution in [3.05, 3.63) is 12.2 Å². The van der Waals surface area contributed by atoms with Crippen molar-refractivity contribution in [2.45, 2.75) is 426 Å². The SMILES string of the molecule is CCCCCCCCCCCCCCCCCCCC/C=C/C(O)C(COC1OC(CO)C(OC2OC(CO)C(OC3OC(CO)C(O)C(O)C3O)C(O)C2O)C(O)C1O)NC(=O)CCCCCCCCCCCCCCCCCCCCCCCCCCCCCC. The van der Waals surface area contributed by atoms with Crippen LogP contribution in [-0.4, -0.2) is 193 Å². The Bertz CT molecular complexity index is 1730. The number of amides is 1. The number of carbonyl (C=O) groups is 1. The van der Waals surface area contributed by atoms with E-state index in [4.69, 9.17) is 28.4 Å². The first-order valence-electron chi connectivity index (χ1n) is 38.4. The number of ether oxygens (including phenoxy) is 6. The van der Waals surface area contributed by atoms with E-state index in [1.807, 2.05) is 6.08 Å². The maximum atomic E-state index is 13.4. The van der Waals surface area contributed by atoms with E-state index in [9.17, 15) is 61.0 Å². The van der Waals surface area contributed by atoms with Crippen LogP contribution in [0, 0.1) is 0 Å². The van der Waals surface area contributed by atoms with Crippen LogP contribution >= 0.6 is 0 Å². The van der Waals surface area contributed by atoms with Gasteiger partial charge in [0.25, 0.3) is 0 Å². The maximum Gasteiger partial charge on any atom is 0.220 e. The molecule has 19 nitrogen and oxygen atoms in total. The highest BCUT2D eigenvalue weighted by molar-refractivity contribution is 5.76. The summed E-state index contributed by atoms with van der Waals surface area (Å²) in [6, 6.07) is -0.969. The third kappa shape index (κ3) is 37.5. The fourth-order valence-corrected chi connectivity index (χ4v) is 13.4. The Morgan fingerprint density at radius 1 is 0.376 bits per heavy atom. The van der Waals surface area contributed by atoms with Crippen LogP contribution in [0.15, 0.2) is 12.2 Å². The summed E-state index contributed by atoms with van der Waals surface area (Å²) in [7, 11) is 0. The lowest BCUT2D eigenvalue weighted by Crippen LogP contribution is -2.66. The number of unbranched alkanes of at least 4 members (excludes halogenated alkanes) is 45. The molecule has 0 aromatic heterocycles. The van der Waals surface area contributed by atoms with Gasteiger partial charge in [-0.1, -0.05) is 309 Å². The summed E-state index contributed by atoms with van der Waals surface area (Å²) in [6.45, 7) is 1.79. The molecule has 550 valence electrons. The second kappa shape index (κ2) is 56.3. The van der Waals surface area contributed by atoms with Crippen LogP contribution in [0.3, 0.4) is 0 Å². The van der Waals surface area contributed by atoms with Crippen LogP contribution in [0.5, 0.6) is 0 Å². The van der Waals surface area contributed by atoms with Crippen LogP contribution < -0.4 is 5.32 Å². The van der Waals surface area contributed by atoms with Crippen LogP contribution in [0.25, 0.3) is 0 Å². The van der Waals surface area contributed by atoms with Crippen molar-refractivity contribution in [3.63, 3.8) is 0 Å². The quantitative estimate of drug-likeness (QED) is 0.0199. The predicted molar refractivity (Wildman–Crippen MR) is 365 cm³/mol. The second-order valence-corrected chi connectivity index (χ2v) is 27.8. The molecule has 17 atom stereocenters. The Balaban J connectivity index is 1.39. The van der Waals surface area contributed by atoms with Gasteiger partial charge in [-0.05, 0) is 19.3 Å². The lowest BCUT2D eigenvalue weighted by Gasteiger charge is -2.48. The zero-order valence-corrected chi connectivity index (χ0v) is 58.5. The average molecular weight is 1330 g/mol. The van der Waals surface area contributed by atoms with Gasteiger partial charge >= 0.3 is 0 Å². The minimum atomic E-state index is -1.98. The van der Waals surface area contributed by atoms with E-state index in [2.05, 4.69) is 19.2 Å². The van der Waals surface area contributed by atoms with Crippen molar-refractivity contribution >= 4 is 5.91 Å². The maximum absolute atomic E-state index is 13.4. The summed E-state index contributed by atoms with van der Waals surface area (Å²) in [4.78, 5) is 13.4. The van der Waals surface area contributed by atoms with E-state index in [0.717, 1.165) is 44.9 Å². The van der Waals surface area contributed by atoms with E-state index >= 15 is 0 Å². The van der Waals surface area contributed by atoms with Crippen molar-refractivity contribution in [2.75, 3.05) is 26.4 Å². The summed E-state index contributed by atoms with van der Waals surface area (Å²) in [6.07, 6.45) is 37.7. The number of aliphatic hydroxyl groups is 11. The molecule has 12 N–H and O–H groups in total. The third-order valence-corrected chi connectivity index (χ3v) is 19.6. The van der Waals surface area contributed by atoms with Gasteiger partial charge in [-0.15, -0.1) is 0 Å². The zero-order valence-electron chi connectivity index (χ0n) is 58.5. The molecule has 3 aliphatic rings. The van der Waals surface area contributed by atoms with Crippen LogP contribution in [-0.2, 0) is 33.2 Å². The summed E-state index contributed by atoms with van der Waals surface area (Å²) in [5.74, 6) is -0.267. The van der Waals surface area contributed by atoms with Gasteiger partial charge in [0.1, 0.15) is 73.2 Å². The molecular formula is C74H141NO18. The standard InChI is InChI=1S/C74H141NO18/c1-3-5-7-9-11-13-15-17-19-21-23-25-26-27-28-29-30-31-32-34-36-38-40-42-44-46-48-50-52-62(80)75-57(58(79)51-49-47-45-43-41-39-37-35-33-24-22-20-18-16-14-12-10-8-6-4-2)56-88-72-68(86)65(83)70(60(54-77)90-72)93-74-69(87)66(84)71(61(55-78)91-74)92-73-67(85)64(82)63(81)59(53-76)89-73/h49,51,57-61,63-74,76-79,81-87H,3-48,50,52-56H2,1-2H3,(H,75,80)/b51-49+. The molecule has 3 heterocycles. The highest BCUT2D eigenvalue weighted by atomic mass is 16.8. The zero-order chi connectivity index (χ0) is 67.5. The number of allylic oxidation sites excluding steroid dienone is 1. The van der Waals surface area contributed by atoms with Crippen LogP contribution in [0.1, 0.15) is 322 Å². The molecule has 3 saturated heterocycles. The molecule has 0 radical (unpaired) electrons. The predicted octanol–water partition coefficient (Wildman–Crippen LogP) is 11.6. The van der Waals surface area contributed by atoms with E-state index < -0.39 is 124 Å². The molecular weight excluding hydrogens is 1190 g/mol. The van der Waals surface area contributed by atoms with E-state index in [0.29, 0.717) is 6.42 Å². The number of rotatable bonds is 61. The van der Waals surface area contributed by atoms with E-state index in [-0.39, 0.29) is 18.9 Å². The molecule has 19 heteroatoms. The molecule has 3 fully saturated rings. The Kier molecular flexibility index (Phi) is 51.9. The van der Waals surface area contributed by atoms with Gasteiger partial charge in [0, 0.05) is 6.42 Å². The molecule has 0 saturated carbocycles. The van der Waals surface area contributed by atoms with Crippen molar-refractivity contribution in [3.8, 4) is 0 Å². The highest BCUT2D eigenvalue weighted by Gasteiger charge is 2.53. The van der Waals surface area contributed by atoms with Gasteiger partial charge in [0.15, 0.2) is 18.9 Å². The normalized spacial score (nSPS) is 27.5. The van der Waals surface area contributed by atoms with Crippen molar-refractivity contribution < 1.29 is 89.4 Å². The highest BCUT2D eigenvalue weighted by Crippen LogP contribution is 2.33. The Labute approximate surface area is 563 Å². The summed E-state index contributed by atoms with van der Waals surface area (Å²) < 4.78 is 34.4. The van der Waals surface area contributed by atoms with Gasteiger partial charge in [-0.2, -0.15) is 0 Å². The van der Waals surface area contributed by atoms with Gasteiger partial charge in [0.05, 0.1) is 38.6 Å². The number of hydrogen-bond acceptors (Lipinski definition) is 18. The fraction of sp³-hybridized carbons (Fsp3) is 0.959. The van der Waals surface area contributed by atoms with Crippen molar-refractivity contribution in [1.29, 1.82) is 0 Å². The van der Waals surface area contributed by atoms with Crippen LogP contribution in [0.4, 0.5) is 0 Å². The molecule has 3 rings (SSSR count). The molecule has 0 aromatic rings. The number of hydrogen-bond donors (Lipinski definition) is 12. The Morgan fingerprint density at radius 2 is 0.667 bits per heavy atom. The first kappa shape index (κ1) is 85.8. The minimum Gasteiger partial charge on any atom is -0.394 e. The molecule has 3 aliphatic heterocycles. The molecule has 1 amide bonds. The fourth-order valence-electron chi connectivity index (χ4n) is 13.4. The van der Waals surface area contributed by atoms with E-state index in [1.54, 1.807) is 6.08 Å². The lowest BCUT2D eigenvalue weighted by molar-refractivity contribution is -0.379. The largest absolute Gasteiger partial charge is 0.394 e. The Hall–Kier alpha value is -1.47. The first-order valence-corrected chi connectivity index (χ1v) is 38.4. The second-order valence-electron chi connectivity index (χ2n) is 27.8. The van der Waals surface area contributed by atoms with Crippen LogP contribution in [0.2, 0.25) is 0 Å². The third-order valence-electron chi connectivity index (χ3n) is 19.6. The molecule has 17 unspecified atom stereocenters. The molecule has 93 heavy (non-hydrogen) atoms. The number of aliphatic hydroxyl groups excluding tert-OH is 11. The van der Waals surface area contributed by atoms with Gasteiger partial charge in [-0.25, -0.2) is 0 Å². The van der Waals surface area contributed by atoms with Gasteiger partial charge < -0.3 is 89.9 Å². The van der Waals surface area contributed by atoms with Crippen molar-refractivity contribution in [2.24, 2.45) is 0 Å². The molecule has 0 aliphatic carbocycles. The van der Waals surface area contributed by atoms with Crippen molar-refractivity contribution in [1.82, 2.24) is 5.32 Å². The Morgan fingerprint density at radius 3 is 1.01 bits per heavy atom. The number of carbonyl (C=O) groups excluding carboxylic acids is 1. The first-order chi connectivity index (χ1) is 45.3. The van der Waals surface area contributed by atoms with E-state index in [1.165, 1.54) is 250 Å². The molecule has 0 bridgehead atoms. The smallest absolute Gasteiger partial charge is 0.220 e. The summed E-state index contributed by atoms with van der Waals surface area (Å²) >= 11 is 0. The number of nitrogens with one attached hydrogen (secondary N) is 1. The minimum absolute atomic E-state index is 0.250. The summed E-state index contributed by atoms with van der Waals surface area (Å²) in [5.41, 5.74) is 0. The molecule has 0 spiro atoms. The molecule has 0 aromatic carbocycles. The topological polar surface area (TPSA) is 307 Å². The van der Waals surface area contributed by atoms with Gasteiger partial charge in [0.2, 0.25) is 5.91 Å².